The molecule has 3 aromatic rings. The molecule has 2 N–H and O–H groups in total. The number of carbonyl (C=O) groups is 1. The molecular weight excluding hydrogens is 410 g/mol. The third-order valence-electron chi connectivity index (χ3n) is 3.34. The Morgan fingerprint density at radius 3 is 2.37 bits per heavy atom. The number of anilines is 2. The molecule has 0 aliphatic carbocycles. The van der Waals surface area contributed by atoms with Crippen LogP contribution in [0.15, 0.2) is 29.2 Å². The molecule has 1 aromatic carbocycles. The van der Waals surface area contributed by atoms with E-state index in [1.807, 2.05) is 0 Å². The van der Waals surface area contributed by atoms with Crippen LogP contribution in [0.4, 0.5) is 10.3 Å². The van der Waals surface area contributed by atoms with E-state index in [9.17, 15) is 13.2 Å². The molecule has 12 heteroatoms. The zero-order valence-electron chi connectivity index (χ0n) is 14.5. The summed E-state index contributed by atoms with van der Waals surface area (Å²) in [4.78, 5) is 16.9. The van der Waals surface area contributed by atoms with Crippen LogP contribution in [0.3, 0.4) is 0 Å². The molecule has 0 fully saturated rings. The van der Waals surface area contributed by atoms with Gasteiger partial charge in [-0.05, 0) is 38.1 Å². The SMILES string of the molecule is COc1ccc(S(=O)(=O)Nc2nc(C)c(C(=O)Nc3nnc(C)s3)s2)cc1. The summed E-state index contributed by atoms with van der Waals surface area (Å²) in [5.41, 5.74) is 0.408. The first-order chi connectivity index (χ1) is 12.8. The van der Waals surface area contributed by atoms with Gasteiger partial charge in [0, 0.05) is 0 Å². The van der Waals surface area contributed by atoms with Crippen LogP contribution in [-0.4, -0.2) is 36.6 Å². The van der Waals surface area contributed by atoms with Crippen molar-refractivity contribution in [2.45, 2.75) is 18.7 Å². The van der Waals surface area contributed by atoms with Gasteiger partial charge < -0.3 is 4.74 Å². The second kappa shape index (κ2) is 7.58. The molecule has 142 valence electrons. The number of hydrogen-bond donors (Lipinski definition) is 2. The van der Waals surface area contributed by atoms with E-state index in [0.717, 1.165) is 16.3 Å². The third-order valence-corrected chi connectivity index (χ3v) is 6.65. The highest BCUT2D eigenvalue weighted by molar-refractivity contribution is 7.93. The Bertz CT molecular complexity index is 1070. The van der Waals surface area contributed by atoms with Crippen LogP contribution in [0, 0.1) is 13.8 Å². The van der Waals surface area contributed by atoms with Crippen molar-refractivity contribution in [2.24, 2.45) is 0 Å². The highest BCUT2D eigenvalue weighted by Gasteiger charge is 2.21. The number of rotatable bonds is 6. The van der Waals surface area contributed by atoms with Crippen molar-refractivity contribution in [3.05, 3.63) is 39.8 Å². The predicted molar refractivity (Wildman–Crippen MR) is 103 cm³/mol. The van der Waals surface area contributed by atoms with Crippen molar-refractivity contribution in [3.8, 4) is 5.75 Å². The van der Waals surface area contributed by atoms with E-state index in [-0.39, 0.29) is 14.9 Å². The number of aryl methyl sites for hydroxylation is 2. The zero-order valence-corrected chi connectivity index (χ0v) is 17.0. The minimum atomic E-state index is -3.83. The smallest absolute Gasteiger partial charge is 0.269 e. The molecule has 0 spiro atoms. The molecule has 0 saturated carbocycles. The van der Waals surface area contributed by atoms with Gasteiger partial charge in [0.2, 0.25) is 5.13 Å². The summed E-state index contributed by atoms with van der Waals surface area (Å²) in [6.45, 7) is 3.40. The predicted octanol–water partition coefficient (Wildman–Crippen LogP) is 2.67. The molecule has 2 aromatic heterocycles. The monoisotopic (exact) mass is 425 g/mol. The van der Waals surface area contributed by atoms with Crippen LogP contribution in [-0.2, 0) is 10.0 Å². The quantitative estimate of drug-likeness (QED) is 0.622. The second-order valence-electron chi connectivity index (χ2n) is 5.29. The average Bonchev–Trinajstić information content (AvgIpc) is 3.19. The second-order valence-corrected chi connectivity index (χ2v) is 9.16. The summed E-state index contributed by atoms with van der Waals surface area (Å²) >= 11 is 2.18. The fourth-order valence-electron chi connectivity index (χ4n) is 2.08. The van der Waals surface area contributed by atoms with Crippen LogP contribution in [0.1, 0.15) is 20.4 Å². The molecule has 9 nitrogen and oxygen atoms in total. The fraction of sp³-hybridized carbons (Fsp3) is 0.200. The highest BCUT2D eigenvalue weighted by Crippen LogP contribution is 2.27. The number of methoxy groups -OCH3 is 1. The lowest BCUT2D eigenvalue weighted by Crippen LogP contribution is -2.12. The normalized spacial score (nSPS) is 11.2. The van der Waals surface area contributed by atoms with Crippen LogP contribution in [0.5, 0.6) is 5.75 Å². The van der Waals surface area contributed by atoms with E-state index in [0.29, 0.717) is 16.6 Å². The van der Waals surface area contributed by atoms with Gasteiger partial charge in [-0.25, -0.2) is 13.4 Å². The van der Waals surface area contributed by atoms with Crippen LogP contribution >= 0.6 is 22.7 Å². The summed E-state index contributed by atoms with van der Waals surface area (Å²) in [5.74, 6) is 0.126. The molecule has 3 rings (SSSR count). The van der Waals surface area contributed by atoms with E-state index in [2.05, 4.69) is 25.2 Å². The van der Waals surface area contributed by atoms with Gasteiger partial charge in [-0.1, -0.05) is 22.7 Å². The molecule has 27 heavy (non-hydrogen) atoms. The van der Waals surface area contributed by atoms with Crippen molar-refractivity contribution < 1.29 is 17.9 Å². The number of hydrogen-bond acceptors (Lipinski definition) is 9. The highest BCUT2D eigenvalue weighted by atomic mass is 32.2. The van der Waals surface area contributed by atoms with Crippen molar-refractivity contribution in [3.63, 3.8) is 0 Å². The van der Waals surface area contributed by atoms with E-state index in [4.69, 9.17) is 4.74 Å². The zero-order chi connectivity index (χ0) is 19.6. The molecule has 0 saturated heterocycles. The van der Waals surface area contributed by atoms with E-state index >= 15 is 0 Å². The molecule has 0 aliphatic heterocycles. The summed E-state index contributed by atoms with van der Waals surface area (Å²) in [6, 6.07) is 5.94. The van der Waals surface area contributed by atoms with Crippen molar-refractivity contribution in [1.29, 1.82) is 0 Å². The van der Waals surface area contributed by atoms with Crippen molar-refractivity contribution >= 4 is 48.9 Å². The molecule has 2 heterocycles. The van der Waals surface area contributed by atoms with E-state index < -0.39 is 15.9 Å². The van der Waals surface area contributed by atoms with E-state index in [1.165, 1.54) is 30.6 Å². The number of amides is 1. The molecule has 0 radical (unpaired) electrons. The molecule has 1 amide bonds. The lowest BCUT2D eigenvalue weighted by Gasteiger charge is -2.06. The summed E-state index contributed by atoms with van der Waals surface area (Å²) in [7, 11) is -2.34. The summed E-state index contributed by atoms with van der Waals surface area (Å²) in [6.07, 6.45) is 0. The Kier molecular flexibility index (Phi) is 5.39. The number of nitrogens with one attached hydrogen (secondary N) is 2. The Balaban J connectivity index is 1.77. The number of benzene rings is 1. The van der Waals surface area contributed by atoms with Crippen molar-refractivity contribution in [2.75, 3.05) is 17.1 Å². The first kappa shape index (κ1) is 19.2. The lowest BCUT2D eigenvalue weighted by molar-refractivity contribution is 0.102. The van der Waals surface area contributed by atoms with E-state index in [1.54, 1.807) is 26.0 Å². The van der Waals surface area contributed by atoms with Gasteiger partial charge in [-0.3, -0.25) is 14.8 Å². The lowest BCUT2D eigenvalue weighted by atomic mass is 10.3. The topological polar surface area (TPSA) is 123 Å². The van der Waals surface area contributed by atoms with Crippen LogP contribution in [0.25, 0.3) is 0 Å². The van der Waals surface area contributed by atoms with Gasteiger partial charge >= 0.3 is 0 Å². The van der Waals surface area contributed by atoms with Crippen molar-refractivity contribution in [1.82, 2.24) is 15.2 Å². The van der Waals surface area contributed by atoms with Gasteiger partial charge in [-0.2, -0.15) is 0 Å². The van der Waals surface area contributed by atoms with Gasteiger partial charge in [0.1, 0.15) is 15.6 Å². The number of sulfonamides is 1. The van der Waals surface area contributed by atoms with Gasteiger partial charge in [0.25, 0.3) is 15.9 Å². The van der Waals surface area contributed by atoms with Crippen LogP contribution in [0.2, 0.25) is 0 Å². The van der Waals surface area contributed by atoms with Gasteiger partial charge in [0.05, 0.1) is 17.7 Å². The first-order valence-corrected chi connectivity index (χ1v) is 10.7. The number of thiazole rings is 1. The maximum Gasteiger partial charge on any atom is 0.269 e. The molecule has 0 aliphatic rings. The Morgan fingerprint density at radius 1 is 1.07 bits per heavy atom. The number of aromatic nitrogens is 3. The Morgan fingerprint density at radius 2 is 1.78 bits per heavy atom. The fourth-order valence-corrected chi connectivity index (χ4v) is 4.76. The maximum absolute atomic E-state index is 12.5. The number of carbonyl (C=O) groups excluding carboxylic acids is 1. The summed E-state index contributed by atoms with van der Waals surface area (Å²) in [5, 5.41) is 11.5. The maximum atomic E-state index is 12.5. The minimum Gasteiger partial charge on any atom is -0.497 e. The first-order valence-electron chi connectivity index (χ1n) is 7.54. The molecule has 0 unspecified atom stereocenters. The third kappa shape index (κ3) is 4.40. The number of ether oxygens (including phenoxy) is 1. The van der Waals surface area contributed by atoms with Gasteiger partial charge in [0.15, 0.2) is 5.13 Å². The standard InChI is InChI=1S/C15H15N5O4S3/c1-8-12(13(21)17-14-19-18-9(2)25-14)26-15(16-8)20-27(22,23)11-6-4-10(24-3)5-7-11/h4-7H,1-3H3,(H,16,20)(H,17,19,21). The minimum absolute atomic E-state index is 0.0616. The molecular formula is C15H15N5O4S3. The number of nitrogens with zero attached hydrogens (tertiary/aromatic N) is 3. The Labute approximate surface area is 163 Å². The molecule has 0 bridgehead atoms. The molecule has 0 atom stereocenters. The van der Waals surface area contributed by atoms with Gasteiger partial charge in [-0.15, -0.1) is 10.2 Å². The average molecular weight is 426 g/mol. The largest absolute Gasteiger partial charge is 0.497 e. The van der Waals surface area contributed by atoms with Crippen LogP contribution < -0.4 is 14.8 Å². The Hall–Kier alpha value is -2.57. The summed E-state index contributed by atoms with van der Waals surface area (Å²) < 4.78 is 32.4.